The number of hydrogen-bond donors (Lipinski definition) is 2. The average Bonchev–Trinajstić information content (AvgIpc) is 2.77. The van der Waals surface area contributed by atoms with Gasteiger partial charge in [-0.2, -0.15) is 0 Å². The van der Waals surface area contributed by atoms with E-state index in [2.05, 4.69) is 15.5 Å². The van der Waals surface area contributed by atoms with Crippen molar-refractivity contribution in [3.63, 3.8) is 0 Å². The highest BCUT2D eigenvalue weighted by Crippen LogP contribution is 2.34. The van der Waals surface area contributed by atoms with Gasteiger partial charge in [0, 0.05) is 37.3 Å². The summed E-state index contributed by atoms with van der Waals surface area (Å²) in [5.74, 6) is 0.829. The minimum atomic E-state index is -0.227. The fourth-order valence-electron chi connectivity index (χ4n) is 4.47. The van der Waals surface area contributed by atoms with Gasteiger partial charge in [0.05, 0.1) is 26.4 Å². The van der Waals surface area contributed by atoms with Gasteiger partial charge >= 0.3 is 0 Å². The molecule has 0 spiro atoms. The van der Waals surface area contributed by atoms with Crippen molar-refractivity contribution in [1.82, 2.24) is 15.5 Å². The van der Waals surface area contributed by atoms with Gasteiger partial charge in [-0.1, -0.05) is 37.5 Å². The van der Waals surface area contributed by atoms with Gasteiger partial charge in [0.1, 0.15) is 5.75 Å². The zero-order valence-corrected chi connectivity index (χ0v) is 17.3. The van der Waals surface area contributed by atoms with E-state index in [-0.39, 0.29) is 17.5 Å². The Morgan fingerprint density at radius 1 is 1.21 bits per heavy atom. The molecular weight excluding hydrogens is 354 g/mol. The van der Waals surface area contributed by atoms with E-state index in [9.17, 15) is 4.79 Å². The molecule has 3 rings (SSSR count). The molecule has 0 bridgehead atoms. The molecule has 2 aliphatic rings. The molecule has 156 valence electrons. The third-order valence-electron chi connectivity index (χ3n) is 6.24. The maximum Gasteiger partial charge on any atom is 0.237 e. The van der Waals surface area contributed by atoms with Crippen LogP contribution in [0.5, 0.6) is 5.75 Å². The highest BCUT2D eigenvalue weighted by atomic mass is 16.5. The summed E-state index contributed by atoms with van der Waals surface area (Å²) in [6, 6.07) is 7.56. The first-order valence-electron chi connectivity index (χ1n) is 10.6. The van der Waals surface area contributed by atoms with Crippen LogP contribution in [-0.2, 0) is 16.1 Å². The fraction of sp³-hybridized carbons (Fsp3) is 0.682. The van der Waals surface area contributed by atoms with Crippen LogP contribution in [0.2, 0.25) is 0 Å². The molecule has 1 amide bonds. The van der Waals surface area contributed by atoms with Crippen LogP contribution >= 0.6 is 0 Å². The van der Waals surface area contributed by atoms with Crippen LogP contribution in [0.1, 0.15) is 44.6 Å². The lowest BCUT2D eigenvalue weighted by atomic mass is 9.79. The van der Waals surface area contributed by atoms with Crippen molar-refractivity contribution < 1.29 is 14.3 Å². The fourth-order valence-corrected chi connectivity index (χ4v) is 4.47. The predicted molar refractivity (Wildman–Crippen MR) is 111 cm³/mol. The SMILES string of the molecule is COc1ccccc1CNC(=O)[C@@H](C)NCC1(N2CCOCC2)CCCCC1. The molecular formula is C22H35N3O3. The number of carbonyl (C=O) groups is 1. The summed E-state index contributed by atoms with van der Waals surface area (Å²) in [5, 5.41) is 6.57. The van der Waals surface area contributed by atoms with E-state index in [1.54, 1.807) is 7.11 Å². The Balaban J connectivity index is 1.53. The Labute approximate surface area is 169 Å². The molecule has 6 heteroatoms. The summed E-state index contributed by atoms with van der Waals surface area (Å²) < 4.78 is 10.9. The molecule has 1 aromatic rings. The molecule has 0 aromatic heterocycles. The third kappa shape index (κ3) is 5.25. The molecule has 2 N–H and O–H groups in total. The third-order valence-corrected chi connectivity index (χ3v) is 6.24. The second-order valence-corrected chi connectivity index (χ2v) is 8.02. The lowest BCUT2D eigenvalue weighted by molar-refractivity contribution is -0.123. The van der Waals surface area contributed by atoms with Crippen molar-refractivity contribution in [3.8, 4) is 5.75 Å². The first-order valence-corrected chi connectivity index (χ1v) is 10.6. The number of rotatable bonds is 8. The minimum Gasteiger partial charge on any atom is -0.496 e. The molecule has 1 aromatic carbocycles. The Kier molecular flexibility index (Phi) is 7.71. The van der Waals surface area contributed by atoms with Gasteiger partial charge in [0.15, 0.2) is 0 Å². The number of methoxy groups -OCH3 is 1. The highest BCUT2D eigenvalue weighted by molar-refractivity contribution is 5.81. The number of benzene rings is 1. The smallest absolute Gasteiger partial charge is 0.237 e. The molecule has 28 heavy (non-hydrogen) atoms. The van der Waals surface area contributed by atoms with E-state index in [0.717, 1.165) is 44.2 Å². The quantitative estimate of drug-likeness (QED) is 0.715. The highest BCUT2D eigenvalue weighted by Gasteiger charge is 2.38. The van der Waals surface area contributed by atoms with Crippen molar-refractivity contribution in [3.05, 3.63) is 29.8 Å². The maximum atomic E-state index is 12.6. The molecule has 1 atom stereocenters. The van der Waals surface area contributed by atoms with Crippen LogP contribution in [0.25, 0.3) is 0 Å². The maximum absolute atomic E-state index is 12.6. The molecule has 1 saturated carbocycles. The monoisotopic (exact) mass is 389 g/mol. The molecule has 0 unspecified atom stereocenters. The molecule has 2 fully saturated rings. The van der Waals surface area contributed by atoms with E-state index in [0.29, 0.717) is 6.54 Å². The number of nitrogens with zero attached hydrogens (tertiary/aromatic N) is 1. The summed E-state index contributed by atoms with van der Waals surface area (Å²) in [6.07, 6.45) is 6.27. The topological polar surface area (TPSA) is 62.8 Å². The molecule has 1 saturated heterocycles. The summed E-state index contributed by atoms with van der Waals surface area (Å²) >= 11 is 0. The molecule has 0 radical (unpaired) electrons. The zero-order valence-electron chi connectivity index (χ0n) is 17.3. The van der Waals surface area contributed by atoms with E-state index in [1.807, 2.05) is 31.2 Å². The Morgan fingerprint density at radius 3 is 2.64 bits per heavy atom. The Bertz CT molecular complexity index is 625. The van der Waals surface area contributed by atoms with Crippen LogP contribution in [0.4, 0.5) is 0 Å². The Hall–Kier alpha value is -1.63. The predicted octanol–water partition coefficient (Wildman–Crippen LogP) is 2.32. The first kappa shape index (κ1) is 21.1. The van der Waals surface area contributed by atoms with Gasteiger partial charge in [-0.15, -0.1) is 0 Å². The summed E-state index contributed by atoms with van der Waals surface area (Å²) in [4.78, 5) is 15.2. The van der Waals surface area contributed by atoms with Gasteiger partial charge < -0.3 is 20.1 Å². The van der Waals surface area contributed by atoms with E-state index >= 15 is 0 Å². The van der Waals surface area contributed by atoms with Crippen molar-refractivity contribution in [2.24, 2.45) is 0 Å². The van der Waals surface area contributed by atoms with Gasteiger partial charge in [0.2, 0.25) is 5.91 Å². The van der Waals surface area contributed by atoms with Crippen LogP contribution in [0.3, 0.4) is 0 Å². The first-order chi connectivity index (χ1) is 13.6. The Morgan fingerprint density at radius 2 is 1.93 bits per heavy atom. The standard InChI is InChI=1S/C22H35N3O3/c1-18(21(26)23-16-19-8-4-5-9-20(19)27-2)24-17-22(10-6-3-7-11-22)25-12-14-28-15-13-25/h4-5,8-9,18,24H,3,6-7,10-17H2,1-2H3,(H,23,26)/t18-/m1/s1. The van der Waals surface area contributed by atoms with E-state index in [4.69, 9.17) is 9.47 Å². The van der Waals surface area contributed by atoms with Crippen LogP contribution in [0.15, 0.2) is 24.3 Å². The lowest BCUT2D eigenvalue weighted by Crippen LogP contribution is -2.60. The second-order valence-electron chi connectivity index (χ2n) is 8.02. The molecule has 6 nitrogen and oxygen atoms in total. The number of ether oxygens (including phenoxy) is 2. The van der Waals surface area contributed by atoms with Crippen molar-refractivity contribution in [1.29, 1.82) is 0 Å². The van der Waals surface area contributed by atoms with Gasteiger partial charge in [-0.05, 0) is 25.8 Å². The summed E-state index contributed by atoms with van der Waals surface area (Å²) in [5.41, 5.74) is 1.15. The van der Waals surface area contributed by atoms with Crippen LogP contribution in [-0.4, -0.2) is 62.3 Å². The van der Waals surface area contributed by atoms with Crippen LogP contribution in [0, 0.1) is 0 Å². The van der Waals surface area contributed by atoms with Crippen molar-refractivity contribution in [2.45, 2.75) is 57.2 Å². The number of nitrogens with one attached hydrogen (secondary N) is 2. The zero-order chi connectivity index (χ0) is 19.8. The summed E-state index contributed by atoms with van der Waals surface area (Å²) in [6.45, 7) is 6.91. The number of para-hydroxylation sites is 1. The average molecular weight is 390 g/mol. The number of hydrogen-bond acceptors (Lipinski definition) is 5. The van der Waals surface area contributed by atoms with Gasteiger partial charge in [-0.3, -0.25) is 9.69 Å². The number of morpholine rings is 1. The molecule has 1 aliphatic heterocycles. The number of amides is 1. The molecule has 1 aliphatic carbocycles. The van der Waals surface area contributed by atoms with E-state index in [1.165, 1.54) is 32.1 Å². The second kappa shape index (κ2) is 10.2. The molecule has 1 heterocycles. The van der Waals surface area contributed by atoms with E-state index < -0.39 is 0 Å². The lowest BCUT2D eigenvalue weighted by Gasteiger charge is -2.48. The summed E-state index contributed by atoms with van der Waals surface area (Å²) in [7, 11) is 1.65. The normalized spacial score (nSPS) is 21.1. The largest absolute Gasteiger partial charge is 0.496 e. The van der Waals surface area contributed by atoms with Gasteiger partial charge in [-0.25, -0.2) is 0 Å². The number of carbonyl (C=O) groups excluding carboxylic acids is 1. The van der Waals surface area contributed by atoms with Crippen molar-refractivity contribution >= 4 is 5.91 Å². The van der Waals surface area contributed by atoms with Crippen LogP contribution < -0.4 is 15.4 Å². The minimum absolute atomic E-state index is 0.0267. The van der Waals surface area contributed by atoms with Gasteiger partial charge in [0.25, 0.3) is 0 Å². The van der Waals surface area contributed by atoms with Crippen molar-refractivity contribution in [2.75, 3.05) is 40.0 Å².